The lowest BCUT2D eigenvalue weighted by molar-refractivity contribution is -0.149. The molecule has 1 saturated carbocycles. The topological polar surface area (TPSA) is 35.5 Å². The fourth-order valence-corrected chi connectivity index (χ4v) is 3.76. The molecule has 0 aromatic heterocycles. The highest BCUT2D eigenvalue weighted by Crippen LogP contribution is 2.47. The van der Waals surface area contributed by atoms with Gasteiger partial charge in [0.1, 0.15) is 5.57 Å². The Morgan fingerprint density at radius 1 is 1.15 bits per heavy atom. The first-order valence-corrected chi connectivity index (χ1v) is 10.4. The molecule has 150 valence electrons. The third kappa shape index (κ3) is 5.20. The summed E-state index contributed by atoms with van der Waals surface area (Å²) in [7, 11) is 1.58. The van der Waals surface area contributed by atoms with Crippen LogP contribution in [0.4, 0.5) is 0 Å². The second-order valence-electron chi connectivity index (χ2n) is 8.39. The second-order valence-corrected chi connectivity index (χ2v) is 9.23. The van der Waals surface area contributed by atoms with E-state index in [0.717, 1.165) is 32.1 Å². The maximum atomic E-state index is 12.4. The molecule has 1 aromatic carbocycles. The summed E-state index contributed by atoms with van der Waals surface area (Å²) in [4.78, 5) is 12.4. The second kappa shape index (κ2) is 8.87. The molecule has 0 bridgehead atoms. The van der Waals surface area contributed by atoms with Crippen molar-refractivity contribution in [2.75, 3.05) is 7.11 Å². The van der Waals surface area contributed by atoms with Gasteiger partial charge in [-0.25, -0.2) is 4.79 Å². The molecule has 3 rings (SSSR count). The van der Waals surface area contributed by atoms with Gasteiger partial charge in [0.25, 0.3) is 0 Å². The summed E-state index contributed by atoms with van der Waals surface area (Å²) in [6, 6.07) is 5.07. The van der Waals surface area contributed by atoms with Crippen molar-refractivity contribution in [3.05, 3.63) is 39.6 Å². The Morgan fingerprint density at radius 3 is 2.22 bits per heavy atom. The Kier molecular flexibility index (Phi) is 7.27. The van der Waals surface area contributed by atoms with Gasteiger partial charge in [-0.15, -0.1) is 0 Å². The van der Waals surface area contributed by atoms with Crippen molar-refractivity contribution in [2.45, 2.75) is 71.8 Å². The van der Waals surface area contributed by atoms with E-state index in [1.807, 2.05) is 0 Å². The van der Waals surface area contributed by atoms with E-state index in [1.54, 1.807) is 25.3 Å². The van der Waals surface area contributed by atoms with Crippen molar-refractivity contribution in [2.24, 2.45) is 5.41 Å². The van der Waals surface area contributed by atoms with Gasteiger partial charge >= 0.3 is 5.97 Å². The van der Waals surface area contributed by atoms with Gasteiger partial charge in [0.15, 0.2) is 11.4 Å². The minimum Gasteiger partial charge on any atom is -0.496 e. The Hall–Kier alpha value is -1.19. The van der Waals surface area contributed by atoms with E-state index in [1.165, 1.54) is 6.42 Å². The van der Waals surface area contributed by atoms with E-state index in [-0.39, 0.29) is 5.97 Å². The summed E-state index contributed by atoms with van der Waals surface area (Å²) in [6.45, 7) is 8.94. The van der Waals surface area contributed by atoms with Crippen LogP contribution >= 0.6 is 23.2 Å². The van der Waals surface area contributed by atoms with E-state index in [0.29, 0.717) is 32.4 Å². The molecule has 1 fully saturated rings. The smallest absolute Gasteiger partial charge is 0.343 e. The Morgan fingerprint density at radius 2 is 1.74 bits per heavy atom. The van der Waals surface area contributed by atoms with Crippen LogP contribution in [-0.4, -0.2) is 18.7 Å². The van der Waals surface area contributed by atoms with E-state index >= 15 is 0 Å². The summed E-state index contributed by atoms with van der Waals surface area (Å²) in [5.74, 6) is 0.245. The van der Waals surface area contributed by atoms with Gasteiger partial charge < -0.3 is 9.47 Å². The average Bonchev–Trinajstić information content (AvgIpc) is 2.86. The molecule has 1 heterocycles. The molecule has 0 saturated heterocycles. The Balaban J connectivity index is 0.000000380. The molecule has 2 aliphatic rings. The number of hydrogen-bond acceptors (Lipinski definition) is 3. The maximum absolute atomic E-state index is 12.4. The molecular formula is C22H30Cl2O3. The van der Waals surface area contributed by atoms with E-state index in [9.17, 15) is 4.79 Å². The molecule has 5 heteroatoms. The van der Waals surface area contributed by atoms with Crippen LogP contribution in [0.15, 0.2) is 24.0 Å². The molecule has 1 spiro atoms. The molecule has 1 aromatic rings. The molecule has 0 unspecified atom stereocenters. The zero-order chi connectivity index (χ0) is 20.2. The predicted molar refractivity (Wildman–Crippen MR) is 112 cm³/mol. The van der Waals surface area contributed by atoms with Crippen LogP contribution in [0.2, 0.25) is 10.0 Å². The minimum atomic E-state index is -0.609. The molecule has 27 heavy (non-hydrogen) atoms. The van der Waals surface area contributed by atoms with Gasteiger partial charge in [-0.05, 0) is 43.2 Å². The van der Waals surface area contributed by atoms with Crippen molar-refractivity contribution < 1.29 is 14.3 Å². The first kappa shape index (κ1) is 22.1. The van der Waals surface area contributed by atoms with E-state index in [4.69, 9.17) is 32.7 Å². The Labute approximate surface area is 173 Å². The van der Waals surface area contributed by atoms with Crippen LogP contribution in [-0.2, 0) is 14.3 Å². The SMILES string of the molecule is CCC(C)(C)C.COC1=C(c2ccc(Cl)cc2Cl)C(=O)OC12CCCCC2. The van der Waals surface area contributed by atoms with Gasteiger partial charge in [-0.1, -0.05) is 69.8 Å². The summed E-state index contributed by atoms with van der Waals surface area (Å²) in [5, 5.41) is 0.957. The standard InChI is InChI=1S/C16H16Cl2O3.C6H14/c1-20-14-13(11-6-5-10(17)9-12(11)18)15(19)21-16(14)7-3-2-4-8-16;1-5-6(2,3)4/h5-6,9H,2-4,7-8H2,1H3;5H2,1-4H3. The number of carbonyl (C=O) groups is 1. The van der Waals surface area contributed by atoms with Crippen molar-refractivity contribution >= 4 is 34.7 Å². The number of methoxy groups -OCH3 is 1. The number of benzene rings is 1. The number of carbonyl (C=O) groups excluding carboxylic acids is 1. The number of rotatable bonds is 2. The first-order valence-electron chi connectivity index (χ1n) is 9.61. The van der Waals surface area contributed by atoms with Gasteiger partial charge in [0.2, 0.25) is 0 Å². The van der Waals surface area contributed by atoms with Crippen molar-refractivity contribution in [1.82, 2.24) is 0 Å². The van der Waals surface area contributed by atoms with Crippen LogP contribution in [0.3, 0.4) is 0 Å². The minimum absolute atomic E-state index is 0.363. The number of esters is 1. The van der Waals surface area contributed by atoms with Crippen molar-refractivity contribution in [1.29, 1.82) is 0 Å². The third-order valence-corrected chi connectivity index (χ3v) is 5.81. The molecule has 0 atom stereocenters. The average molecular weight is 413 g/mol. The highest BCUT2D eigenvalue weighted by Gasteiger charge is 2.50. The zero-order valence-corrected chi connectivity index (χ0v) is 18.5. The summed E-state index contributed by atoms with van der Waals surface area (Å²) >= 11 is 12.2. The predicted octanol–water partition coefficient (Wildman–Crippen LogP) is 7.05. The van der Waals surface area contributed by atoms with Gasteiger partial charge in [-0.3, -0.25) is 0 Å². The molecule has 0 amide bonds. The van der Waals surface area contributed by atoms with Gasteiger partial charge in [0.05, 0.1) is 12.1 Å². The maximum Gasteiger partial charge on any atom is 0.343 e. The molecule has 3 nitrogen and oxygen atoms in total. The number of ether oxygens (including phenoxy) is 2. The summed E-state index contributed by atoms with van der Waals surface area (Å²) in [5.41, 5.74) is 0.981. The fourth-order valence-electron chi connectivity index (χ4n) is 3.26. The van der Waals surface area contributed by atoms with Crippen molar-refractivity contribution in [3.8, 4) is 0 Å². The van der Waals surface area contributed by atoms with Crippen LogP contribution < -0.4 is 0 Å². The lowest BCUT2D eigenvalue weighted by Gasteiger charge is -2.33. The van der Waals surface area contributed by atoms with Crippen LogP contribution in [0.1, 0.15) is 71.8 Å². The normalized spacial score (nSPS) is 18.9. The molecule has 1 aliphatic carbocycles. The van der Waals surface area contributed by atoms with Crippen LogP contribution in [0.5, 0.6) is 0 Å². The lowest BCUT2D eigenvalue weighted by atomic mass is 9.82. The van der Waals surface area contributed by atoms with Gasteiger partial charge in [-0.2, -0.15) is 0 Å². The Bertz CT molecular complexity index is 711. The molecular weight excluding hydrogens is 383 g/mol. The first-order chi connectivity index (χ1) is 12.6. The summed E-state index contributed by atoms with van der Waals surface area (Å²) < 4.78 is 11.3. The largest absolute Gasteiger partial charge is 0.496 e. The van der Waals surface area contributed by atoms with Crippen LogP contribution in [0.25, 0.3) is 5.57 Å². The zero-order valence-electron chi connectivity index (χ0n) is 17.0. The highest BCUT2D eigenvalue weighted by molar-refractivity contribution is 6.37. The number of halogens is 2. The lowest BCUT2D eigenvalue weighted by Crippen LogP contribution is -2.35. The monoisotopic (exact) mass is 412 g/mol. The van der Waals surface area contributed by atoms with E-state index in [2.05, 4.69) is 27.7 Å². The summed E-state index contributed by atoms with van der Waals surface area (Å²) in [6.07, 6.45) is 6.09. The number of hydrogen-bond donors (Lipinski definition) is 0. The van der Waals surface area contributed by atoms with Crippen molar-refractivity contribution in [3.63, 3.8) is 0 Å². The molecule has 0 radical (unpaired) electrons. The quantitative estimate of drug-likeness (QED) is 0.487. The molecule has 0 N–H and O–H groups in total. The van der Waals surface area contributed by atoms with Gasteiger partial charge in [0, 0.05) is 10.6 Å². The fraction of sp³-hybridized carbons (Fsp3) is 0.591. The van der Waals surface area contributed by atoms with Crippen LogP contribution in [0, 0.1) is 5.41 Å². The third-order valence-electron chi connectivity index (χ3n) is 5.26. The molecule has 1 aliphatic heterocycles. The van der Waals surface area contributed by atoms with E-state index < -0.39 is 5.60 Å². The highest BCUT2D eigenvalue weighted by atomic mass is 35.5.